The summed E-state index contributed by atoms with van der Waals surface area (Å²) in [7, 11) is 0. The largest absolute Gasteiger partial charge is 0.460 e. The fourth-order valence-electron chi connectivity index (χ4n) is 2.65. The minimum atomic E-state index is -0.0603. The Morgan fingerprint density at radius 2 is 2.12 bits per heavy atom. The van der Waals surface area contributed by atoms with Crippen molar-refractivity contribution in [2.45, 2.75) is 31.4 Å². The number of nitrogens with one attached hydrogen (secondary N) is 1. The number of fused-ring (bicyclic) bond motifs is 1. The molecule has 2 atom stereocenters. The van der Waals surface area contributed by atoms with Crippen molar-refractivity contribution < 1.29 is 9.53 Å². The van der Waals surface area contributed by atoms with Gasteiger partial charge in [0.15, 0.2) is 0 Å². The number of cyclic esters (lactones) is 1. The van der Waals surface area contributed by atoms with E-state index in [-0.39, 0.29) is 18.1 Å². The molecular weight excluding hydrogens is 202 g/mol. The highest BCUT2D eigenvalue weighted by molar-refractivity contribution is 5.71. The quantitative estimate of drug-likeness (QED) is 0.726. The van der Waals surface area contributed by atoms with Crippen LogP contribution in [0.4, 0.5) is 0 Å². The third kappa shape index (κ3) is 1.61. The van der Waals surface area contributed by atoms with Crippen LogP contribution in [0.5, 0.6) is 0 Å². The zero-order valence-corrected chi connectivity index (χ0v) is 9.11. The topological polar surface area (TPSA) is 38.3 Å². The minimum absolute atomic E-state index is 0.0222. The van der Waals surface area contributed by atoms with Crippen LogP contribution in [-0.4, -0.2) is 18.6 Å². The van der Waals surface area contributed by atoms with E-state index in [0.717, 1.165) is 19.4 Å². The van der Waals surface area contributed by atoms with Gasteiger partial charge in [-0.1, -0.05) is 24.3 Å². The standard InChI is InChI=1S/C13H15NO2/c15-12-6-5-11(16-12)13-10-4-2-1-3-9(10)7-8-14-13/h1-4,11,13-14H,5-8H2. The molecule has 1 N–H and O–H groups in total. The van der Waals surface area contributed by atoms with Gasteiger partial charge in [-0.2, -0.15) is 0 Å². The maximum Gasteiger partial charge on any atom is 0.306 e. The first-order valence-corrected chi connectivity index (χ1v) is 5.85. The molecule has 3 nitrogen and oxygen atoms in total. The van der Waals surface area contributed by atoms with Crippen LogP contribution in [0.1, 0.15) is 30.0 Å². The molecule has 2 aliphatic rings. The number of carbonyl (C=O) groups is 1. The normalized spacial score (nSPS) is 28.6. The number of hydrogen-bond acceptors (Lipinski definition) is 3. The molecule has 2 unspecified atom stereocenters. The molecule has 16 heavy (non-hydrogen) atoms. The third-order valence-corrected chi connectivity index (χ3v) is 3.44. The molecule has 0 aliphatic carbocycles. The van der Waals surface area contributed by atoms with Crippen molar-refractivity contribution in [3.05, 3.63) is 35.4 Å². The summed E-state index contributed by atoms with van der Waals surface area (Å²) in [4.78, 5) is 11.2. The second-order valence-corrected chi connectivity index (χ2v) is 4.45. The van der Waals surface area contributed by atoms with Gasteiger partial charge in [-0.3, -0.25) is 4.79 Å². The Hall–Kier alpha value is -1.35. The molecule has 0 amide bonds. The van der Waals surface area contributed by atoms with Crippen molar-refractivity contribution >= 4 is 5.97 Å². The highest BCUT2D eigenvalue weighted by Gasteiger charge is 2.34. The molecule has 84 valence electrons. The summed E-state index contributed by atoms with van der Waals surface area (Å²) >= 11 is 0. The lowest BCUT2D eigenvalue weighted by Crippen LogP contribution is -2.37. The average Bonchev–Trinajstić information content (AvgIpc) is 2.75. The lowest BCUT2D eigenvalue weighted by molar-refractivity contribution is -0.142. The molecule has 1 aromatic rings. The summed E-state index contributed by atoms with van der Waals surface area (Å²) in [5.74, 6) is -0.0603. The van der Waals surface area contributed by atoms with E-state index < -0.39 is 0 Å². The van der Waals surface area contributed by atoms with E-state index in [0.29, 0.717) is 6.42 Å². The molecule has 1 fully saturated rings. The zero-order valence-electron chi connectivity index (χ0n) is 9.11. The van der Waals surface area contributed by atoms with Crippen LogP contribution in [0, 0.1) is 0 Å². The maximum absolute atomic E-state index is 11.2. The van der Waals surface area contributed by atoms with Gasteiger partial charge in [-0.25, -0.2) is 0 Å². The van der Waals surface area contributed by atoms with Gasteiger partial charge >= 0.3 is 5.97 Å². The smallest absolute Gasteiger partial charge is 0.306 e. The first-order valence-electron chi connectivity index (χ1n) is 5.85. The monoisotopic (exact) mass is 217 g/mol. The lowest BCUT2D eigenvalue weighted by Gasteiger charge is -2.30. The van der Waals surface area contributed by atoms with E-state index in [4.69, 9.17) is 4.74 Å². The van der Waals surface area contributed by atoms with Gasteiger partial charge in [0.05, 0.1) is 6.04 Å². The predicted octanol–water partition coefficient (Wildman–Crippen LogP) is 1.58. The van der Waals surface area contributed by atoms with Gasteiger partial charge in [0.1, 0.15) is 6.10 Å². The number of hydrogen-bond donors (Lipinski definition) is 1. The van der Waals surface area contributed by atoms with E-state index in [1.165, 1.54) is 11.1 Å². The summed E-state index contributed by atoms with van der Waals surface area (Å²) in [5, 5.41) is 3.46. The van der Waals surface area contributed by atoms with Crippen LogP contribution < -0.4 is 5.32 Å². The zero-order chi connectivity index (χ0) is 11.0. The first kappa shape index (κ1) is 9.85. The second-order valence-electron chi connectivity index (χ2n) is 4.45. The Bertz CT molecular complexity index is 416. The maximum atomic E-state index is 11.2. The molecule has 2 aliphatic heterocycles. The SMILES string of the molecule is O=C1CCC(C2NCCc3ccccc32)O1. The minimum Gasteiger partial charge on any atom is -0.460 e. The summed E-state index contributed by atoms with van der Waals surface area (Å²) in [6.07, 6.45) is 2.48. The lowest BCUT2D eigenvalue weighted by atomic mass is 9.90. The number of esters is 1. The van der Waals surface area contributed by atoms with Crippen molar-refractivity contribution in [2.24, 2.45) is 0 Å². The van der Waals surface area contributed by atoms with E-state index in [2.05, 4.69) is 29.6 Å². The van der Waals surface area contributed by atoms with Gasteiger partial charge in [-0.05, 0) is 30.5 Å². The number of carbonyl (C=O) groups excluding carboxylic acids is 1. The Morgan fingerprint density at radius 3 is 2.94 bits per heavy atom. The number of rotatable bonds is 1. The van der Waals surface area contributed by atoms with Crippen LogP contribution in [0.3, 0.4) is 0 Å². The Morgan fingerprint density at radius 1 is 1.25 bits per heavy atom. The molecule has 0 aromatic heterocycles. The predicted molar refractivity (Wildman–Crippen MR) is 60.0 cm³/mol. The van der Waals surface area contributed by atoms with Crippen LogP contribution in [0.15, 0.2) is 24.3 Å². The van der Waals surface area contributed by atoms with E-state index in [1.54, 1.807) is 0 Å². The summed E-state index contributed by atoms with van der Waals surface area (Å²) in [6.45, 7) is 0.968. The molecule has 3 heteroatoms. The van der Waals surface area contributed by atoms with E-state index in [1.807, 2.05) is 0 Å². The molecule has 0 spiro atoms. The Labute approximate surface area is 94.8 Å². The van der Waals surface area contributed by atoms with E-state index >= 15 is 0 Å². The van der Waals surface area contributed by atoms with Gasteiger partial charge in [0.2, 0.25) is 0 Å². The molecular formula is C13H15NO2. The van der Waals surface area contributed by atoms with Crippen LogP contribution >= 0.6 is 0 Å². The van der Waals surface area contributed by atoms with Crippen LogP contribution in [-0.2, 0) is 16.0 Å². The molecule has 1 saturated heterocycles. The fourth-order valence-corrected chi connectivity index (χ4v) is 2.65. The average molecular weight is 217 g/mol. The number of ether oxygens (including phenoxy) is 1. The second kappa shape index (κ2) is 3.91. The summed E-state index contributed by atoms with van der Waals surface area (Å²) in [6, 6.07) is 8.62. The number of benzene rings is 1. The highest BCUT2D eigenvalue weighted by Crippen LogP contribution is 2.31. The molecule has 3 rings (SSSR count). The van der Waals surface area contributed by atoms with Crippen molar-refractivity contribution in [2.75, 3.05) is 6.54 Å². The van der Waals surface area contributed by atoms with E-state index in [9.17, 15) is 4.79 Å². The van der Waals surface area contributed by atoms with Crippen molar-refractivity contribution in [3.8, 4) is 0 Å². The van der Waals surface area contributed by atoms with Gasteiger partial charge in [0.25, 0.3) is 0 Å². The molecule has 0 saturated carbocycles. The third-order valence-electron chi connectivity index (χ3n) is 3.44. The van der Waals surface area contributed by atoms with Gasteiger partial charge in [-0.15, -0.1) is 0 Å². The van der Waals surface area contributed by atoms with Crippen LogP contribution in [0.25, 0.3) is 0 Å². The highest BCUT2D eigenvalue weighted by atomic mass is 16.5. The molecule has 0 bridgehead atoms. The summed E-state index contributed by atoms with van der Waals surface area (Å²) in [5.41, 5.74) is 2.68. The van der Waals surface area contributed by atoms with Crippen molar-refractivity contribution in [1.82, 2.24) is 5.32 Å². The molecule has 0 radical (unpaired) electrons. The van der Waals surface area contributed by atoms with Crippen molar-refractivity contribution in [3.63, 3.8) is 0 Å². The van der Waals surface area contributed by atoms with Gasteiger partial charge in [0, 0.05) is 6.42 Å². The van der Waals surface area contributed by atoms with Crippen LogP contribution in [0.2, 0.25) is 0 Å². The summed E-state index contributed by atoms with van der Waals surface area (Å²) < 4.78 is 5.36. The Kier molecular flexibility index (Phi) is 2.40. The first-order chi connectivity index (χ1) is 7.84. The van der Waals surface area contributed by atoms with Crippen molar-refractivity contribution in [1.29, 1.82) is 0 Å². The molecule has 1 aromatic carbocycles. The van der Waals surface area contributed by atoms with Gasteiger partial charge < -0.3 is 10.1 Å². The Balaban J connectivity index is 1.90. The molecule has 2 heterocycles. The fraction of sp³-hybridized carbons (Fsp3) is 0.462.